The molecular weight excluding hydrogens is 238 g/mol. The molecule has 0 aromatic rings. The molecular formula is C4H6F6N2O3. The Morgan fingerprint density at radius 2 is 1.27 bits per heavy atom. The molecule has 0 rings (SSSR count). The molecule has 0 amide bonds. The van der Waals surface area contributed by atoms with Crippen LogP contribution in [0.1, 0.15) is 0 Å². The summed E-state index contributed by atoms with van der Waals surface area (Å²) in [6.07, 6.45) is -9.18. The van der Waals surface area contributed by atoms with Crippen molar-refractivity contribution >= 4 is 0 Å². The van der Waals surface area contributed by atoms with Gasteiger partial charge in [0.1, 0.15) is 0 Å². The predicted octanol–water partition coefficient (Wildman–Crippen LogP) is 1.35. The zero-order chi connectivity index (χ0) is 12.7. The highest BCUT2D eigenvalue weighted by Gasteiger charge is 2.31. The maximum absolute atomic E-state index is 11.2. The number of rotatable bonds is 2. The largest absolute Gasteiger partial charge is 0.401 e. The molecule has 0 saturated carbocycles. The van der Waals surface area contributed by atoms with Crippen molar-refractivity contribution in [2.75, 3.05) is 13.1 Å². The van der Waals surface area contributed by atoms with Crippen molar-refractivity contribution in [2.45, 2.75) is 12.4 Å². The van der Waals surface area contributed by atoms with E-state index in [1.807, 2.05) is 0 Å². The number of nitrogens with one attached hydrogen (secondary N) is 1. The summed E-state index contributed by atoms with van der Waals surface area (Å²) in [6.45, 7) is -3.24. The lowest BCUT2D eigenvalue weighted by Gasteiger charge is -2.09. The fraction of sp³-hybridized carbons (Fsp3) is 1.00. The van der Waals surface area contributed by atoms with Gasteiger partial charge in [-0.15, -0.1) is 10.1 Å². The van der Waals surface area contributed by atoms with Crippen molar-refractivity contribution in [3.8, 4) is 0 Å². The summed E-state index contributed by atoms with van der Waals surface area (Å²) in [5, 5.41) is 14.9. The van der Waals surface area contributed by atoms with Gasteiger partial charge in [-0.05, 0) is 0 Å². The van der Waals surface area contributed by atoms with Crippen LogP contribution in [0.5, 0.6) is 0 Å². The monoisotopic (exact) mass is 244 g/mol. The second kappa shape index (κ2) is 6.27. The Kier molecular flexibility index (Phi) is 6.76. The maximum Gasteiger partial charge on any atom is 0.401 e. The number of hydrogen-bond acceptors (Lipinski definition) is 3. The van der Waals surface area contributed by atoms with Gasteiger partial charge in [0.25, 0.3) is 5.09 Å². The van der Waals surface area contributed by atoms with E-state index in [9.17, 15) is 26.3 Å². The molecule has 2 N–H and O–H groups in total. The second-order valence-electron chi connectivity index (χ2n) is 2.07. The van der Waals surface area contributed by atoms with Crippen LogP contribution in [-0.4, -0.2) is 35.7 Å². The number of nitrogens with zero attached hydrogens (tertiary/aromatic N) is 1. The number of alkyl halides is 6. The molecule has 0 bridgehead atoms. The van der Waals surface area contributed by atoms with Crippen LogP contribution in [0.15, 0.2) is 0 Å². The Morgan fingerprint density at radius 1 is 1.07 bits per heavy atom. The lowest BCUT2D eigenvalue weighted by Crippen LogP contribution is -2.35. The van der Waals surface area contributed by atoms with E-state index in [4.69, 9.17) is 15.3 Å². The molecule has 0 spiro atoms. The van der Waals surface area contributed by atoms with Crippen LogP contribution in [0.3, 0.4) is 0 Å². The third kappa shape index (κ3) is 32.3. The third-order valence-corrected chi connectivity index (χ3v) is 0.651. The third-order valence-electron chi connectivity index (χ3n) is 0.651. The first-order valence-electron chi connectivity index (χ1n) is 3.11. The Bertz CT molecular complexity index is 172. The number of halogens is 6. The van der Waals surface area contributed by atoms with E-state index in [0.29, 0.717) is 0 Å². The van der Waals surface area contributed by atoms with Gasteiger partial charge in [-0.25, -0.2) is 0 Å². The summed E-state index contributed by atoms with van der Waals surface area (Å²) in [4.78, 5) is 8.36. The molecule has 0 aromatic carbocycles. The van der Waals surface area contributed by atoms with Gasteiger partial charge >= 0.3 is 12.4 Å². The molecule has 0 saturated heterocycles. The average Bonchev–Trinajstić information content (AvgIpc) is 1.77. The molecule has 0 radical (unpaired) electrons. The van der Waals surface area contributed by atoms with E-state index in [2.05, 4.69) is 0 Å². The van der Waals surface area contributed by atoms with Crippen LogP contribution in [0.25, 0.3) is 0 Å². The molecule has 0 aliphatic heterocycles. The maximum atomic E-state index is 11.2. The average molecular weight is 244 g/mol. The van der Waals surface area contributed by atoms with Crippen molar-refractivity contribution in [3.63, 3.8) is 0 Å². The fourth-order valence-electron chi connectivity index (χ4n) is 0.346. The highest BCUT2D eigenvalue weighted by atomic mass is 19.4. The van der Waals surface area contributed by atoms with Gasteiger partial charge in [0, 0.05) is 0 Å². The molecule has 0 aliphatic rings. The lowest BCUT2D eigenvalue weighted by molar-refractivity contribution is -0.742. The quantitative estimate of drug-likeness (QED) is 0.436. The highest BCUT2D eigenvalue weighted by Crippen LogP contribution is 2.15. The van der Waals surface area contributed by atoms with Gasteiger partial charge < -0.3 is 10.5 Å². The molecule has 0 atom stereocenters. The van der Waals surface area contributed by atoms with Gasteiger partial charge in [-0.2, -0.15) is 26.3 Å². The topological polar surface area (TPSA) is 75.4 Å². The SMILES string of the molecule is FC(F)(F)CNCC(F)(F)F.O=[N+]([O-])O. The molecule has 0 aliphatic carbocycles. The molecule has 0 unspecified atom stereocenters. The van der Waals surface area contributed by atoms with Crippen LogP contribution in [-0.2, 0) is 0 Å². The molecule has 92 valence electrons. The molecule has 0 heterocycles. The van der Waals surface area contributed by atoms with Gasteiger partial charge in [0.05, 0.1) is 13.1 Å². The predicted molar refractivity (Wildman–Crippen MR) is 33.8 cm³/mol. The van der Waals surface area contributed by atoms with E-state index >= 15 is 0 Å². The Hall–Kier alpha value is -1.26. The minimum atomic E-state index is -4.59. The number of hydrogen-bond donors (Lipinski definition) is 2. The molecule has 0 fully saturated rings. The zero-order valence-corrected chi connectivity index (χ0v) is 6.89. The Labute approximate surface area is 78.8 Å². The summed E-state index contributed by atoms with van der Waals surface area (Å²) in [5.41, 5.74) is 0. The van der Waals surface area contributed by atoms with E-state index < -0.39 is 30.5 Å². The highest BCUT2D eigenvalue weighted by molar-refractivity contribution is 4.59. The lowest BCUT2D eigenvalue weighted by atomic mass is 10.5. The summed E-state index contributed by atoms with van der Waals surface area (Å²) in [5.74, 6) is 0. The normalized spacial score (nSPS) is 11.6. The van der Waals surface area contributed by atoms with Crippen LogP contribution >= 0.6 is 0 Å². The molecule has 15 heavy (non-hydrogen) atoms. The van der Waals surface area contributed by atoms with E-state index in [-0.39, 0.29) is 0 Å². The minimum absolute atomic E-state index is 1.22. The van der Waals surface area contributed by atoms with Crippen molar-refractivity contribution in [1.29, 1.82) is 0 Å². The van der Waals surface area contributed by atoms with E-state index in [1.165, 1.54) is 5.32 Å². The fourth-order valence-corrected chi connectivity index (χ4v) is 0.346. The van der Waals surface area contributed by atoms with Crippen molar-refractivity contribution in [2.24, 2.45) is 0 Å². The summed E-state index contributed by atoms with van der Waals surface area (Å²) < 4.78 is 67.2. The van der Waals surface area contributed by atoms with E-state index in [1.54, 1.807) is 0 Å². The van der Waals surface area contributed by atoms with Crippen molar-refractivity contribution in [3.05, 3.63) is 10.1 Å². The van der Waals surface area contributed by atoms with Gasteiger partial charge in [0.15, 0.2) is 0 Å². The Balaban J connectivity index is 0. The van der Waals surface area contributed by atoms with Crippen LogP contribution < -0.4 is 5.32 Å². The van der Waals surface area contributed by atoms with Gasteiger partial charge in [-0.3, -0.25) is 0 Å². The van der Waals surface area contributed by atoms with Crippen LogP contribution in [0.4, 0.5) is 26.3 Å². The van der Waals surface area contributed by atoms with Crippen LogP contribution in [0.2, 0.25) is 0 Å². The minimum Gasteiger partial charge on any atom is -0.328 e. The standard InChI is InChI=1S/C4H5F6N.HNO3/c5-3(6,7)1-11-2-4(8,9)10;2-1(3)4/h11H,1-2H2;(H,2,3,4). The summed E-state index contributed by atoms with van der Waals surface area (Å²) >= 11 is 0. The summed E-state index contributed by atoms with van der Waals surface area (Å²) in [6, 6.07) is 0. The van der Waals surface area contributed by atoms with Gasteiger partial charge in [0.2, 0.25) is 0 Å². The van der Waals surface area contributed by atoms with E-state index in [0.717, 1.165) is 0 Å². The first kappa shape index (κ1) is 16.2. The first-order valence-corrected chi connectivity index (χ1v) is 3.11. The first-order chi connectivity index (χ1) is 6.44. The second-order valence-corrected chi connectivity index (χ2v) is 2.07. The molecule has 11 heteroatoms. The van der Waals surface area contributed by atoms with Crippen molar-refractivity contribution in [1.82, 2.24) is 5.32 Å². The molecule has 0 aromatic heterocycles. The van der Waals surface area contributed by atoms with Crippen LogP contribution in [0, 0.1) is 10.1 Å². The van der Waals surface area contributed by atoms with Gasteiger partial charge in [-0.1, -0.05) is 0 Å². The van der Waals surface area contributed by atoms with Crippen molar-refractivity contribution < 1.29 is 36.6 Å². The smallest absolute Gasteiger partial charge is 0.328 e. The zero-order valence-electron chi connectivity index (χ0n) is 6.89. The summed E-state index contributed by atoms with van der Waals surface area (Å²) in [7, 11) is 0. The molecule has 5 nitrogen and oxygen atoms in total. The Morgan fingerprint density at radius 3 is 1.40 bits per heavy atom.